The molecular formula is C66H110O6. The Bertz CT molecular complexity index is 1470. The van der Waals surface area contributed by atoms with Crippen LogP contribution in [0.4, 0.5) is 0 Å². The van der Waals surface area contributed by atoms with Gasteiger partial charge in [-0.1, -0.05) is 239 Å². The molecule has 6 nitrogen and oxygen atoms in total. The van der Waals surface area contributed by atoms with Gasteiger partial charge in [-0.3, -0.25) is 14.4 Å². The van der Waals surface area contributed by atoms with Crippen LogP contribution in [0.2, 0.25) is 0 Å². The number of unbranched alkanes of at least 4 members (excludes halogenated alkanes) is 24. The summed E-state index contributed by atoms with van der Waals surface area (Å²) in [5, 5.41) is 0. The first-order chi connectivity index (χ1) is 35.5. The molecule has 0 radical (unpaired) electrons. The minimum absolute atomic E-state index is 0.0968. The van der Waals surface area contributed by atoms with Crippen LogP contribution in [0.5, 0.6) is 0 Å². The van der Waals surface area contributed by atoms with Crippen molar-refractivity contribution in [1.82, 2.24) is 0 Å². The molecule has 0 saturated heterocycles. The summed E-state index contributed by atoms with van der Waals surface area (Å²) in [6.45, 7) is 6.39. The van der Waals surface area contributed by atoms with Gasteiger partial charge in [-0.2, -0.15) is 0 Å². The van der Waals surface area contributed by atoms with Crippen molar-refractivity contribution in [2.45, 2.75) is 277 Å². The third-order valence-electron chi connectivity index (χ3n) is 12.5. The second-order valence-corrected chi connectivity index (χ2v) is 19.5. The molecule has 0 saturated carbocycles. The van der Waals surface area contributed by atoms with Crippen LogP contribution < -0.4 is 0 Å². The van der Waals surface area contributed by atoms with Crippen molar-refractivity contribution in [3.05, 3.63) is 109 Å². The zero-order chi connectivity index (χ0) is 52.2. The Morgan fingerprint density at radius 1 is 0.292 bits per heavy atom. The molecule has 0 fully saturated rings. The van der Waals surface area contributed by atoms with E-state index in [0.717, 1.165) is 122 Å². The van der Waals surface area contributed by atoms with E-state index in [1.54, 1.807) is 0 Å². The average molecular weight is 1000 g/mol. The predicted molar refractivity (Wildman–Crippen MR) is 311 cm³/mol. The van der Waals surface area contributed by atoms with Crippen LogP contribution in [-0.2, 0) is 28.6 Å². The van der Waals surface area contributed by atoms with E-state index in [9.17, 15) is 14.4 Å². The highest BCUT2D eigenvalue weighted by Crippen LogP contribution is 2.15. The van der Waals surface area contributed by atoms with Gasteiger partial charge in [-0.25, -0.2) is 0 Å². The highest BCUT2D eigenvalue weighted by atomic mass is 16.6. The van der Waals surface area contributed by atoms with Crippen molar-refractivity contribution in [2.75, 3.05) is 13.2 Å². The van der Waals surface area contributed by atoms with Crippen molar-refractivity contribution < 1.29 is 28.6 Å². The molecule has 0 spiro atoms. The molecule has 0 aliphatic rings. The lowest BCUT2D eigenvalue weighted by atomic mass is 10.1. The average Bonchev–Trinajstić information content (AvgIpc) is 3.38. The van der Waals surface area contributed by atoms with E-state index in [4.69, 9.17) is 14.2 Å². The smallest absolute Gasteiger partial charge is 0.306 e. The first kappa shape index (κ1) is 68.1. The molecule has 1 atom stereocenters. The lowest BCUT2D eigenvalue weighted by molar-refractivity contribution is -0.167. The molecule has 0 aliphatic heterocycles. The lowest BCUT2D eigenvalue weighted by Crippen LogP contribution is -2.30. The largest absolute Gasteiger partial charge is 0.462 e. The molecule has 0 rings (SSSR count). The summed E-state index contributed by atoms with van der Waals surface area (Å²) in [6, 6.07) is 0. The summed E-state index contributed by atoms with van der Waals surface area (Å²) >= 11 is 0. The van der Waals surface area contributed by atoms with Crippen molar-refractivity contribution in [2.24, 2.45) is 0 Å². The molecule has 0 bridgehead atoms. The van der Waals surface area contributed by atoms with Crippen molar-refractivity contribution in [1.29, 1.82) is 0 Å². The standard InChI is InChI=1S/C66H110O6/c1-4-7-10-13-16-19-22-25-28-31-33-36-38-41-44-47-50-53-56-59-65(68)71-62-63(61-70-64(67)58-55-52-49-46-43-40-37-34-30-27-24-21-18-15-12-9-6-3)72-66(69)60-57-54-51-48-45-42-39-35-32-29-26-23-20-17-14-11-8-5-2/h7,9-10,12,16,18-19,21,25,27-30,32-33,36,41,44,63H,4-6,8,11,13-15,17,20,22-24,26,31,34-35,37-40,42-43,45-62H2,1-3H3/b10-7-,12-9-,19-16-,21-18-,28-25-,30-27-,32-29-,36-33-,44-41-. The maximum atomic E-state index is 12.9. The van der Waals surface area contributed by atoms with Crippen LogP contribution in [0.25, 0.3) is 0 Å². The molecular weight excluding hydrogens is 889 g/mol. The zero-order valence-corrected chi connectivity index (χ0v) is 46.9. The number of hydrogen-bond acceptors (Lipinski definition) is 6. The Labute approximate surface area is 444 Å². The van der Waals surface area contributed by atoms with Crippen molar-refractivity contribution in [3.63, 3.8) is 0 Å². The number of carbonyl (C=O) groups is 3. The summed E-state index contributed by atoms with van der Waals surface area (Å²) in [6.07, 6.45) is 80.8. The van der Waals surface area contributed by atoms with Gasteiger partial charge in [0.2, 0.25) is 0 Å². The predicted octanol–water partition coefficient (Wildman–Crippen LogP) is 20.3. The molecule has 0 aliphatic carbocycles. The van der Waals surface area contributed by atoms with Crippen molar-refractivity contribution >= 4 is 17.9 Å². The Balaban J connectivity index is 4.48. The van der Waals surface area contributed by atoms with Gasteiger partial charge >= 0.3 is 17.9 Å². The number of esters is 3. The van der Waals surface area contributed by atoms with E-state index in [1.807, 2.05) is 0 Å². The quantitative estimate of drug-likeness (QED) is 0.0261. The molecule has 0 heterocycles. The maximum Gasteiger partial charge on any atom is 0.306 e. The van der Waals surface area contributed by atoms with Gasteiger partial charge in [0, 0.05) is 19.3 Å². The van der Waals surface area contributed by atoms with Gasteiger partial charge in [0.25, 0.3) is 0 Å². The van der Waals surface area contributed by atoms with E-state index < -0.39 is 6.10 Å². The van der Waals surface area contributed by atoms with Gasteiger partial charge in [0.05, 0.1) is 0 Å². The van der Waals surface area contributed by atoms with Crippen LogP contribution in [0.3, 0.4) is 0 Å². The third-order valence-corrected chi connectivity index (χ3v) is 12.5. The normalized spacial score (nSPS) is 12.9. The number of hydrogen-bond donors (Lipinski definition) is 0. The lowest BCUT2D eigenvalue weighted by Gasteiger charge is -2.18. The number of allylic oxidation sites excluding steroid dienone is 18. The van der Waals surface area contributed by atoms with E-state index in [0.29, 0.717) is 19.3 Å². The second kappa shape index (κ2) is 59.6. The highest BCUT2D eigenvalue weighted by molar-refractivity contribution is 5.71. The van der Waals surface area contributed by atoms with Gasteiger partial charge in [0.1, 0.15) is 13.2 Å². The maximum absolute atomic E-state index is 12.9. The fourth-order valence-corrected chi connectivity index (χ4v) is 8.07. The molecule has 6 heteroatoms. The summed E-state index contributed by atoms with van der Waals surface area (Å²) in [5.41, 5.74) is 0. The van der Waals surface area contributed by atoms with Crippen LogP contribution >= 0.6 is 0 Å². The summed E-state index contributed by atoms with van der Waals surface area (Å²) in [7, 11) is 0. The highest BCUT2D eigenvalue weighted by Gasteiger charge is 2.19. The molecule has 0 aromatic carbocycles. The Hall–Kier alpha value is -3.93. The Morgan fingerprint density at radius 2 is 0.542 bits per heavy atom. The van der Waals surface area contributed by atoms with Gasteiger partial charge in [-0.15, -0.1) is 0 Å². The monoisotopic (exact) mass is 999 g/mol. The summed E-state index contributed by atoms with van der Waals surface area (Å²) in [5.74, 6) is -0.940. The number of carbonyl (C=O) groups excluding carboxylic acids is 3. The fourth-order valence-electron chi connectivity index (χ4n) is 8.07. The van der Waals surface area contributed by atoms with Gasteiger partial charge in [0.15, 0.2) is 6.10 Å². The molecule has 0 N–H and O–H groups in total. The summed E-state index contributed by atoms with van der Waals surface area (Å²) in [4.78, 5) is 38.2. The molecule has 0 aromatic rings. The minimum Gasteiger partial charge on any atom is -0.462 e. The first-order valence-corrected chi connectivity index (χ1v) is 29.9. The Kier molecular flexibility index (Phi) is 56.4. The molecule has 72 heavy (non-hydrogen) atoms. The second-order valence-electron chi connectivity index (χ2n) is 19.5. The SMILES string of the molecule is CC/C=C\C/C=C\C/C=C\C/C=C\C/C=C\CCCCCC(=O)OCC(COC(=O)CCCCCCCCC/C=C\C/C=C\C/C=C\CC)OC(=O)CCCCCCCCC/C=C\CCCCCCCCC. The van der Waals surface area contributed by atoms with Crippen LogP contribution in [-0.4, -0.2) is 37.2 Å². The fraction of sp³-hybridized carbons (Fsp3) is 0.682. The molecule has 1 unspecified atom stereocenters. The molecule has 410 valence electrons. The third kappa shape index (κ3) is 57.0. The topological polar surface area (TPSA) is 78.9 Å². The Morgan fingerprint density at radius 3 is 0.875 bits per heavy atom. The van der Waals surface area contributed by atoms with E-state index >= 15 is 0 Å². The number of rotatable bonds is 53. The van der Waals surface area contributed by atoms with Gasteiger partial charge in [-0.05, 0) is 122 Å². The van der Waals surface area contributed by atoms with E-state index in [1.165, 1.54) is 109 Å². The first-order valence-electron chi connectivity index (χ1n) is 29.9. The van der Waals surface area contributed by atoms with Crippen LogP contribution in [0, 0.1) is 0 Å². The van der Waals surface area contributed by atoms with Crippen LogP contribution in [0.1, 0.15) is 271 Å². The van der Waals surface area contributed by atoms with Gasteiger partial charge < -0.3 is 14.2 Å². The molecule has 0 amide bonds. The van der Waals surface area contributed by atoms with E-state index in [2.05, 4.69) is 130 Å². The van der Waals surface area contributed by atoms with E-state index in [-0.39, 0.29) is 31.1 Å². The minimum atomic E-state index is -0.801. The molecule has 0 aromatic heterocycles. The summed E-state index contributed by atoms with van der Waals surface area (Å²) < 4.78 is 16.9. The van der Waals surface area contributed by atoms with Crippen LogP contribution in [0.15, 0.2) is 109 Å². The number of ether oxygens (including phenoxy) is 3. The zero-order valence-electron chi connectivity index (χ0n) is 46.9. The van der Waals surface area contributed by atoms with Crippen molar-refractivity contribution in [3.8, 4) is 0 Å².